The van der Waals surface area contributed by atoms with Gasteiger partial charge in [-0.25, -0.2) is 0 Å². The molecule has 0 aromatic rings. The second-order valence-electron chi connectivity index (χ2n) is 6.71. The van der Waals surface area contributed by atoms with Crippen LogP contribution in [0, 0.1) is 11.8 Å². The standard InChI is InChI=1S/C15H24F3NO2/c1-14(21)7-4-9-19(10-8-14)13(20)11-5-2-3-6-12(11)15(16,17)18/h11-12,21H,2-10H2,1H3. The van der Waals surface area contributed by atoms with E-state index < -0.39 is 23.6 Å². The van der Waals surface area contributed by atoms with Crippen LogP contribution in [0.2, 0.25) is 0 Å². The fraction of sp³-hybridized carbons (Fsp3) is 0.933. The van der Waals surface area contributed by atoms with E-state index in [4.69, 9.17) is 0 Å². The van der Waals surface area contributed by atoms with Gasteiger partial charge in [-0.3, -0.25) is 4.79 Å². The van der Waals surface area contributed by atoms with Gasteiger partial charge in [0, 0.05) is 19.0 Å². The number of amides is 1. The van der Waals surface area contributed by atoms with E-state index in [1.54, 1.807) is 6.92 Å². The largest absolute Gasteiger partial charge is 0.392 e. The Bertz CT molecular complexity index is 382. The highest BCUT2D eigenvalue weighted by atomic mass is 19.4. The van der Waals surface area contributed by atoms with Crippen LogP contribution in [0.5, 0.6) is 0 Å². The molecular formula is C15H24F3NO2. The average Bonchev–Trinajstić information content (AvgIpc) is 2.58. The highest BCUT2D eigenvalue weighted by Gasteiger charge is 2.49. The normalized spacial score (nSPS) is 35.4. The van der Waals surface area contributed by atoms with Crippen LogP contribution in [0.1, 0.15) is 51.9 Å². The van der Waals surface area contributed by atoms with Gasteiger partial charge in [0.2, 0.25) is 5.91 Å². The first-order valence-electron chi connectivity index (χ1n) is 7.79. The lowest BCUT2D eigenvalue weighted by Gasteiger charge is -2.35. The molecule has 21 heavy (non-hydrogen) atoms. The molecule has 6 heteroatoms. The number of nitrogens with zero attached hydrogens (tertiary/aromatic N) is 1. The fourth-order valence-corrected chi connectivity index (χ4v) is 3.54. The van der Waals surface area contributed by atoms with Crippen LogP contribution in [0.3, 0.4) is 0 Å². The first kappa shape index (κ1) is 16.6. The highest BCUT2D eigenvalue weighted by molar-refractivity contribution is 5.79. The van der Waals surface area contributed by atoms with Crippen LogP contribution in [0.25, 0.3) is 0 Å². The molecule has 1 heterocycles. The molecule has 0 spiro atoms. The third-order valence-corrected chi connectivity index (χ3v) is 4.88. The van der Waals surface area contributed by atoms with Gasteiger partial charge in [0.05, 0.1) is 11.5 Å². The molecule has 122 valence electrons. The Morgan fingerprint density at radius 2 is 1.81 bits per heavy atom. The molecule has 3 unspecified atom stereocenters. The Morgan fingerprint density at radius 3 is 2.48 bits per heavy atom. The van der Waals surface area contributed by atoms with Crippen molar-refractivity contribution in [3.63, 3.8) is 0 Å². The minimum atomic E-state index is -4.29. The number of rotatable bonds is 1. The van der Waals surface area contributed by atoms with Crippen LogP contribution in [0.15, 0.2) is 0 Å². The molecular weight excluding hydrogens is 283 g/mol. The van der Waals surface area contributed by atoms with Crippen LogP contribution >= 0.6 is 0 Å². The molecule has 1 amide bonds. The molecule has 2 rings (SSSR count). The minimum absolute atomic E-state index is 0.0610. The molecule has 0 bridgehead atoms. The Hall–Kier alpha value is -0.780. The fourth-order valence-electron chi connectivity index (χ4n) is 3.54. The van der Waals surface area contributed by atoms with Gasteiger partial charge in [-0.1, -0.05) is 12.8 Å². The minimum Gasteiger partial charge on any atom is -0.390 e. The molecule has 3 atom stereocenters. The summed E-state index contributed by atoms with van der Waals surface area (Å²) >= 11 is 0. The van der Waals surface area contributed by atoms with E-state index in [0.717, 1.165) is 0 Å². The zero-order valence-corrected chi connectivity index (χ0v) is 12.5. The summed E-state index contributed by atoms with van der Waals surface area (Å²) in [6, 6.07) is 0. The first-order valence-corrected chi connectivity index (χ1v) is 7.79. The van der Waals surface area contributed by atoms with E-state index in [-0.39, 0.29) is 12.3 Å². The number of halogens is 3. The summed E-state index contributed by atoms with van der Waals surface area (Å²) in [5.74, 6) is -2.79. The topological polar surface area (TPSA) is 40.5 Å². The van der Waals surface area contributed by atoms with Crippen molar-refractivity contribution >= 4 is 5.91 Å². The second-order valence-corrected chi connectivity index (χ2v) is 6.71. The molecule has 0 aromatic carbocycles. The molecule has 1 saturated carbocycles. The number of alkyl halides is 3. The molecule has 1 aliphatic heterocycles. The monoisotopic (exact) mass is 307 g/mol. The van der Waals surface area contributed by atoms with Gasteiger partial charge in [0.25, 0.3) is 0 Å². The van der Waals surface area contributed by atoms with Crippen molar-refractivity contribution < 1.29 is 23.1 Å². The Balaban J connectivity index is 2.06. The summed E-state index contributed by atoms with van der Waals surface area (Å²) in [7, 11) is 0. The van der Waals surface area contributed by atoms with Crippen molar-refractivity contribution in [3.8, 4) is 0 Å². The van der Waals surface area contributed by atoms with Gasteiger partial charge >= 0.3 is 6.18 Å². The number of carbonyl (C=O) groups is 1. The zero-order valence-electron chi connectivity index (χ0n) is 12.5. The van der Waals surface area contributed by atoms with E-state index >= 15 is 0 Å². The van der Waals surface area contributed by atoms with E-state index in [1.807, 2.05) is 0 Å². The average molecular weight is 307 g/mol. The van der Waals surface area contributed by atoms with Crippen molar-refractivity contribution in [2.45, 2.75) is 63.6 Å². The van der Waals surface area contributed by atoms with E-state index in [2.05, 4.69) is 0 Å². The van der Waals surface area contributed by atoms with Crippen molar-refractivity contribution in [1.82, 2.24) is 4.90 Å². The molecule has 1 saturated heterocycles. The van der Waals surface area contributed by atoms with Gasteiger partial charge in [0.15, 0.2) is 0 Å². The van der Waals surface area contributed by atoms with Crippen molar-refractivity contribution in [2.24, 2.45) is 11.8 Å². The molecule has 3 nitrogen and oxygen atoms in total. The molecule has 2 aliphatic rings. The van der Waals surface area contributed by atoms with Crippen LogP contribution in [0.4, 0.5) is 13.2 Å². The van der Waals surface area contributed by atoms with Crippen molar-refractivity contribution in [1.29, 1.82) is 0 Å². The molecule has 1 aliphatic carbocycles. The predicted molar refractivity (Wildman–Crippen MR) is 72.6 cm³/mol. The summed E-state index contributed by atoms with van der Waals surface area (Å²) in [6.45, 7) is 2.53. The van der Waals surface area contributed by atoms with Gasteiger partial charge in [-0.05, 0) is 39.0 Å². The molecule has 2 fully saturated rings. The van der Waals surface area contributed by atoms with Crippen LogP contribution in [-0.4, -0.2) is 40.8 Å². The third kappa shape index (κ3) is 4.11. The lowest BCUT2D eigenvalue weighted by Crippen LogP contribution is -2.45. The smallest absolute Gasteiger partial charge is 0.390 e. The maximum Gasteiger partial charge on any atom is 0.392 e. The Morgan fingerprint density at radius 1 is 1.14 bits per heavy atom. The van der Waals surface area contributed by atoms with Crippen molar-refractivity contribution in [2.75, 3.05) is 13.1 Å². The van der Waals surface area contributed by atoms with Crippen LogP contribution in [-0.2, 0) is 4.79 Å². The predicted octanol–water partition coefficient (Wildman–Crippen LogP) is 3.12. The van der Waals surface area contributed by atoms with Gasteiger partial charge < -0.3 is 10.0 Å². The lowest BCUT2D eigenvalue weighted by molar-refractivity contribution is -0.200. The van der Waals surface area contributed by atoms with Gasteiger partial charge in [0.1, 0.15) is 0 Å². The molecule has 0 aromatic heterocycles. The maximum absolute atomic E-state index is 13.1. The van der Waals surface area contributed by atoms with Crippen LogP contribution < -0.4 is 0 Å². The Labute approximate surface area is 123 Å². The summed E-state index contributed by atoms with van der Waals surface area (Å²) < 4.78 is 39.3. The second kappa shape index (κ2) is 6.15. The SMILES string of the molecule is CC1(O)CCCN(C(=O)C2CCCCC2C(F)(F)F)CC1. The van der Waals surface area contributed by atoms with E-state index in [9.17, 15) is 23.1 Å². The van der Waals surface area contributed by atoms with E-state index in [0.29, 0.717) is 51.6 Å². The number of carbonyl (C=O) groups excluding carboxylic acids is 1. The highest BCUT2D eigenvalue weighted by Crippen LogP contribution is 2.42. The number of likely N-dealkylation sites (tertiary alicyclic amines) is 1. The molecule has 0 radical (unpaired) electrons. The summed E-state index contributed by atoms with van der Waals surface area (Å²) in [4.78, 5) is 14.1. The molecule has 1 N–H and O–H groups in total. The van der Waals surface area contributed by atoms with Gasteiger partial charge in [-0.2, -0.15) is 13.2 Å². The number of hydrogen-bond acceptors (Lipinski definition) is 2. The maximum atomic E-state index is 13.1. The lowest BCUT2D eigenvalue weighted by atomic mass is 9.78. The quantitative estimate of drug-likeness (QED) is 0.808. The summed E-state index contributed by atoms with van der Waals surface area (Å²) in [5.41, 5.74) is -0.814. The van der Waals surface area contributed by atoms with Gasteiger partial charge in [-0.15, -0.1) is 0 Å². The number of hydrogen-bond donors (Lipinski definition) is 1. The third-order valence-electron chi connectivity index (χ3n) is 4.88. The summed E-state index contributed by atoms with van der Waals surface area (Å²) in [5, 5.41) is 10.0. The van der Waals surface area contributed by atoms with E-state index in [1.165, 1.54) is 4.90 Å². The summed E-state index contributed by atoms with van der Waals surface area (Å²) in [6.07, 6.45) is -1.01. The Kier molecular flexibility index (Phi) is 4.85. The number of aliphatic hydroxyl groups is 1. The van der Waals surface area contributed by atoms with Crippen molar-refractivity contribution in [3.05, 3.63) is 0 Å². The first-order chi connectivity index (χ1) is 9.71. The zero-order chi connectivity index (χ0) is 15.7.